The van der Waals surface area contributed by atoms with Gasteiger partial charge in [0.05, 0.1) is 17.8 Å². The minimum absolute atomic E-state index is 0.127. The van der Waals surface area contributed by atoms with Crippen LogP contribution in [0.15, 0.2) is 24.4 Å². The molecule has 1 aliphatic carbocycles. The number of piperidine rings is 1. The van der Waals surface area contributed by atoms with E-state index in [1.807, 2.05) is 17.0 Å². The first kappa shape index (κ1) is 25.1. The maximum absolute atomic E-state index is 13.1. The number of amides is 1. The van der Waals surface area contributed by atoms with Gasteiger partial charge >= 0.3 is 12.2 Å². The molecule has 198 valence electrons. The normalized spacial score (nSPS) is 18.6. The zero-order valence-electron chi connectivity index (χ0n) is 19.8. The number of aromatic amines is 1. The number of carbonyl (C=O) groups is 1. The van der Waals surface area contributed by atoms with Gasteiger partial charge in [-0.15, -0.1) is 0 Å². The highest BCUT2D eigenvalue weighted by atomic mass is 19.4. The third-order valence-corrected chi connectivity index (χ3v) is 6.76. The molecule has 1 saturated heterocycles. The van der Waals surface area contributed by atoms with E-state index in [0.29, 0.717) is 18.9 Å². The predicted molar refractivity (Wildman–Crippen MR) is 126 cm³/mol. The molecule has 0 aromatic carbocycles. The lowest BCUT2D eigenvalue weighted by Gasteiger charge is -2.32. The lowest BCUT2D eigenvalue weighted by molar-refractivity contribution is -0.161. The Morgan fingerprint density at radius 2 is 2.08 bits per heavy atom. The Hall–Kier alpha value is -3.52. The number of nitrogens with two attached hydrogens (primary N) is 1. The number of H-pyrrole nitrogens is 1. The van der Waals surface area contributed by atoms with E-state index in [9.17, 15) is 18.0 Å². The molecule has 37 heavy (non-hydrogen) atoms. The maximum atomic E-state index is 13.1. The molecular weight excluding hydrogens is 493 g/mol. The number of rotatable bonds is 8. The van der Waals surface area contributed by atoms with Crippen LogP contribution in [0.5, 0.6) is 6.01 Å². The summed E-state index contributed by atoms with van der Waals surface area (Å²) in [6.07, 6.45) is -0.0936. The van der Waals surface area contributed by atoms with Crippen LogP contribution in [0.2, 0.25) is 0 Å². The van der Waals surface area contributed by atoms with E-state index >= 15 is 0 Å². The summed E-state index contributed by atoms with van der Waals surface area (Å²) in [5.74, 6) is -0.556. The number of aliphatic hydroxyl groups is 1. The van der Waals surface area contributed by atoms with E-state index in [1.54, 1.807) is 11.5 Å². The van der Waals surface area contributed by atoms with Crippen molar-refractivity contribution in [3.63, 3.8) is 0 Å². The van der Waals surface area contributed by atoms with Crippen LogP contribution >= 0.6 is 0 Å². The third-order valence-electron chi connectivity index (χ3n) is 6.76. The van der Waals surface area contributed by atoms with Gasteiger partial charge in [-0.2, -0.15) is 28.2 Å². The molecule has 4 heterocycles. The van der Waals surface area contributed by atoms with E-state index < -0.39 is 30.3 Å². The Morgan fingerprint density at radius 1 is 1.32 bits per heavy atom. The molecule has 14 heteroatoms. The molecule has 2 aliphatic rings. The average Bonchev–Trinajstić information content (AvgIpc) is 3.47. The Labute approximate surface area is 209 Å². The van der Waals surface area contributed by atoms with Crippen molar-refractivity contribution in [3.8, 4) is 6.01 Å². The highest BCUT2D eigenvalue weighted by molar-refractivity contribution is 5.93. The van der Waals surface area contributed by atoms with Crippen LogP contribution in [0.4, 0.5) is 19.0 Å². The summed E-state index contributed by atoms with van der Waals surface area (Å²) in [6.45, 7) is -0.0301. The first-order valence-corrected chi connectivity index (χ1v) is 12.0. The molecule has 11 nitrogen and oxygen atoms in total. The van der Waals surface area contributed by atoms with Gasteiger partial charge in [0, 0.05) is 36.7 Å². The van der Waals surface area contributed by atoms with Crippen LogP contribution in [0.25, 0.3) is 11.0 Å². The molecule has 0 spiro atoms. The molecule has 3 aromatic rings. The molecule has 1 atom stereocenters. The standard InChI is InChI=1S/C23H27F3N8O3/c24-23(25,26)16(11-35)30-20(36)15-10-17(31-21(29-15)37-12-22(27)5-6-22)34-8-3-13(4-9-34)18-14-2-1-7-28-19(14)33-32-18/h1-2,7,10,13,16,35H,3-6,8-9,11-12,27H2,(H,30,36)(H,28,32,33)/t16-/m1/s1. The summed E-state index contributed by atoms with van der Waals surface area (Å²) in [7, 11) is 0. The Balaban J connectivity index is 1.34. The summed E-state index contributed by atoms with van der Waals surface area (Å²) in [6, 6.07) is 2.60. The predicted octanol–water partition coefficient (Wildman–Crippen LogP) is 1.65. The van der Waals surface area contributed by atoms with Gasteiger partial charge in [0.2, 0.25) is 0 Å². The van der Waals surface area contributed by atoms with Crippen molar-refractivity contribution >= 4 is 22.8 Å². The highest BCUT2D eigenvalue weighted by Gasteiger charge is 2.41. The number of nitrogens with zero attached hydrogens (tertiary/aromatic N) is 5. The fourth-order valence-corrected chi connectivity index (χ4v) is 4.30. The van der Waals surface area contributed by atoms with E-state index in [-0.39, 0.29) is 24.2 Å². The number of fused-ring (bicyclic) bond motifs is 1. The smallest absolute Gasteiger partial charge is 0.410 e. The van der Waals surface area contributed by atoms with Gasteiger partial charge in [-0.3, -0.25) is 9.89 Å². The largest absolute Gasteiger partial charge is 0.461 e. The first-order valence-electron chi connectivity index (χ1n) is 12.0. The van der Waals surface area contributed by atoms with Crippen LogP contribution in [0.1, 0.15) is 47.8 Å². The second-order valence-corrected chi connectivity index (χ2v) is 9.56. The number of carbonyl (C=O) groups excluding carboxylic acids is 1. The average molecular weight is 521 g/mol. The van der Waals surface area contributed by atoms with Crippen molar-refractivity contribution in [2.75, 3.05) is 31.2 Å². The van der Waals surface area contributed by atoms with Crippen molar-refractivity contribution < 1.29 is 27.8 Å². The van der Waals surface area contributed by atoms with Gasteiger partial charge in [0.1, 0.15) is 24.2 Å². The van der Waals surface area contributed by atoms with Gasteiger partial charge < -0.3 is 25.8 Å². The van der Waals surface area contributed by atoms with Crippen LogP contribution in [-0.4, -0.2) is 80.2 Å². The monoisotopic (exact) mass is 520 g/mol. The van der Waals surface area contributed by atoms with Crippen molar-refractivity contribution in [2.45, 2.75) is 49.4 Å². The maximum Gasteiger partial charge on any atom is 0.410 e. The summed E-state index contributed by atoms with van der Waals surface area (Å²) >= 11 is 0. The van der Waals surface area contributed by atoms with Crippen molar-refractivity contribution in [1.82, 2.24) is 30.5 Å². The topological polar surface area (TPSA) is 155 Å². The number of pyridine rings is 1. The fourth-order valence-electron chi connectivity index (χ4n) is 4.30. The van der Waals surface area contributed by atoms with Crippen LogP contribution in [0, 0.1) is 0 Å². The lowest BCUT2D eigenvalue weighted by Crippen LogP contribution is -2.48. The SMILES string of the molecule is NC1(COc2nc(C(=O)N[C@H](CO)C(F)(F)F)cc(N3CCC(c4n[nH]c5ncccc45)CC3)n2)CC1. The second-order valence-electron chi connectivity index (χ2n) is 9.56. The molecule has 5 rings (SSSR count). The minimum Gasteiger partial charge on any atom is -0.461 e. The summed E-state index contributed by atoms with van der Waals surface area (Å²) in [4.78, 5) is 27.3. The number of halogens is 3. The number of nitrogens with one attached hydrogen (secondary N) is 2. The second kappa shape index (κ2) is 9.74. The summed E-state index contributed by atoms with van der Waals surface area (Å²) in [5.41, 5.74) is 6.95. The zero-order valence-corrected chi connectivity index (χ0v) is 19.8. The van der Waals surface area contributed by atoms with Gasteiger partial charge in [0.15, 0.2) is 5.65 Å². The van der Waals surface area contributed by atoms with E-state index in [4.69, 9.17) is 15.6 Å². The number of hydrogen-bond acceptors (Lipinski definition) is 9. The molecule has 0 bridgehead atoms. The fraction of sp³-hybridized carbons (Fsp3) is 0.522. The Morgan fingerprint density at radius 3 is 2.76 bits per heavy atom. The Kier molecular flexibility index (Phi) is 6.62. The molecule has 5 N–H and O–H groups in total. The van der Waals surface area contributed by atoms with E-state index in [1.165, 1.54) is 6.07 Å². The quantitative estimate of drug-likeness (QED) is 0.347. The van der Waals surface area contributed by atoms with Crippen LogP contribution < -0.4 is 20.7 Å². The lowest BCUT2D eigenvalue weighted by atomic mass is 9.92. The number of aliphatic hydroxyl groups excluding tert-OH is 1. The molecular formula is C23H27F3N8O3. The Bertz CT molecular complexity index is 1270. The molecule has 1 saturated carbocycles. The molecule has 0 unspecified atom stereocenters. The number of ether oxygens (including phenoxy) is 1. The highest BCUT2D eigenvalue weighted by Crippen LogP contribution is 2.34. The molecule has 1 aliphatic heterocycles. The summed E-state index contributed by atoms with van der Waals surface area (Å²) in [5, 5.41) is 19.3. The first-order chi connectivity index (χ1) is 17.6. The van der Waals surface area contributed by atoms with Crippen LogP contribution in [0.3, 0.4) is 0 Å². The molecule has 2 fully saturated rings. The summed E-state index contributed by atoms with van der Waals surface area (Å²) < 4.78 is 44.9. The molecule has 3 aromatic heterocycles. The number of alkyl halides is 3. The number of aromatic nitrogens is 5. The van der Waals surface area contributed by atoms with E-state index in [0.717, 1.165) is 42.4 Å². The van der Waals surface area contributed by atoms with Crippen molar-refractivity contribution in [1.29, 1.82) is 0 Å². The van der Waals surface area contributed by atoms with Crippen LogP contribution in [-0.2, 0) is 0 Å². The van der Waals surface area contributed by atoms with Gasteiger partial charge in [-0.1, -0.05) is 0 Å². The number of anilines is 1. The zero-order chi connectivity index (χ0) is 26.2. The number of hydrogen-bond donors (Lipinski definition) is 4. The van der Waals surface area contributed by atoms with E-state index in [2.05, 4.69) is 25.1 Å². The van der Waals surface area contributed by atoms with Gasteiger partial charge in [0.25, 0.3) is 5.91 Å². The molecule has 1 amide bonds. The van der Waals surface area contributed by atoms with Crippen molar-refractivity contribution in [3.05, 3.63) is 35.8 Å². The van der Waals surface area contributed by atoms with Crippen molar-refractivity contribution in [2.24, 2.45) is 5.73 Å². The minimum atomic E-state index is -4.81. The van der Waals surface area contributed by atoms with Gasteiger partial charge in [-0.05, 0) is 37.8 Å². The molecule has 0 radical (unpaired) electrons. The third kappa shape index (κ3) is 5.59. The van der Waals surface area contributed by atoms with Gasteiger partial charge in [-0.25, -0.2) is 4.98 Å².